The quantitative estimate of drug-likeness (QED) is 0.880. The smallest absolute Gasteiger partial charge is 0.236 e. The van der Waals surface area contributed by atoms with Crippen LogP contribution < -0.4 is 5.32 Å². The van der Waals surface area contributed by atoms with E-state index in [2.05, 4.69) is 41.6 Å². The van der Waals surface area contributed by atoms with Crippen LogP contribution >= 0.6 is 0 Å². The maximum atomic E-state index is 12.7. The molecule has 0 saturated heterocycles. The zero-order valence-corrected chi connectivity index (χ0v) is 15.4. The van der Waals surface area contributed by atoms with Crippen LogP contribution in [0, 0.1) is 6.92 Å². The minimum absolute atomic E-state index is 0.144. The number of aromatic nitrogens is 2. The van der Waals surface area contributed by atoms with Gasteiger partial charge >= 0.3 is 0 Å². The van der Waals surface area contributed by atoms with Crippen molar-refractivity contribution in [3.8, 4) is 0 Å². The molecule has 1 heterocycles. The first-order chi connectivity index (χ1) is 12.0. The molecule has 1 N–H and O–H groups in total. The molecule has 3 rings (SSSR count). The fraction of sp³-hybridized carbons (Fsp3) is 0.500. The number of carbonyl (C=O) groups is 1. The molecule has 1 amide bonds. The fourth-order valence-corrected chi connectivity index (χ4v) is 3.60. The van der Waals surface area contributed by atoms with Gasteiger partial charge in [-0.2, -0.15) is 5.10 Å². The molecular formula is C20H28N4O. The number of hydrogen-bond donors (Lipinski definition) is 1. The molecule has 134 valence electrons. The summed E-state index contributed by atoms with van der Waals surface area (Å²) >= 11 is 0. The summed E-state index contributed by atoms with van der Waals surface area (Å²) in [5.41, 5.74) is 3.84. The second-order valence-corrected chi connectivity index (χ2v) is 7.13. The van der Waals surface area contributed by atoms with E-state index in [1.807, 2.05) is 35.9 Å². The summed E-state index contributed by atoms with van der Waals surface area (Å²) in [6.07, 6.45) is 7.17. The first-order valence-corrected chi connectivity index (χ1v) is 9.10. The van der Waals surface area contributed by atoms with E-state index in [9.17, 15) is 4.79 Å². The number of fused-ring (bicyclic) bond motifs is 1. The standard InChI is InChI=1S/C20H28N4O/c1-15-11-22-24(13-15)14-16(2)21-12-20(25)23(3)19-10-6-8-17-7-4-5-9-18(17)19/h4-5,7,9,11,13,16,19,21H,6,8,10,12,14H2,1-3H3/t16-,19-/m0/s1. The van der Waals surface area contributed by atoms with Gasteiger partial charge in [0.15, 0.2) is 0 Å². The molecule has 2 atom stereocenters. The fourth-order valence-electron chi connectivity index (χ4n) is 3.60. The monoisotopic (exact) mass is 340 g/mol. The number of rotatable bonds is 6. The van der Waals surface area contributed by atoms with E-state index >= 15 is 0 Å². The molecule has 0 radical (unpaired) electrons. The summed E-state index contributed by atoms with van der Waals surface area (Å²) in [6, 6.07) is 8.90. The maximum absolute atomic E-state index is 12.7. The van der Waals surface area contributed by atoms with Gasteiger partial charge in [-0.15, -0.1) is 0 Å². The second kappa shape index (κ2) is 7.83. The third kappa shape index (κ3) is 4.28. The number of benzene rings is 1. The largest absolute Gasteiger partial charge is 0.338 e. The van der Waals surface area contributed by atoms with Crippen LogP contribution in [-0.2, 0) is 17.8 Å². The van der Waals surface area contributed by atoms with Crippen LogP contribution in [0.15, 0.2) is 36.7 Å². The summed E-state index contributed by atoms with van der Waals surface area (Å²) in [5, 5.41) is 7.63. The maximum Gasteiger partial charge on any atom is 0.236 e. The average molecular weight is 340 g/mol. The van der Waals surface area contributed by atoms with E-state index in [0.29, 0.717) is 6.54 Å². The summed E-state index contributed by atoms with van der Waals surface area (Å²) in [6.45, 7) is 5.23. The lowest BCUT2D eigenvalue weighted by Gasteiger charge is -2.33. The van der Waals surface area contributed by atoms with Crippen molar-refractivity contribution in [3.05, 3.63) is 53.3 Å². The Morgan fingerprint density at radius 3 is 3.00 bits per heavy atom. The molecule has 0 fully saturated rings. The number of nitrogens with zero attached hydrogens (tertiary/aromatic N) is 3. The minimum atomic E-state index is 0.144. The zero-order valence-electron chi connectivity index (χ0n) is 15.4. The molecule has 0 unspecified atom stereocenters. The van der Waals surface area contributed by atoms with E-state index in [1.165, 1.54) is 11.1 Å². The van der Waals surface area contributed by atoms with Crippen LogP contribution in [0.1, 0.15) is 42.5 Å². The normalized spacial score (nSPS) is 17.8. The van der Waals surface area contributed by atoms with Gasteiger partial charge in [-0.25, -0.2) is 0 Å². The van der Waals surface area contributed by atoms with Crippen LogP contribution in [0.3, 0.4) is 0 Å². The molecule has 2 aromatic rings. The molecule has 1 aromatic heterocycles. The highest BCUT2D eigenvalue weighted by molar-refractivity contribution is 5.78. The van der Waals surface area contributed by atoms with Crippen molar-refractivity contribution < 1.29 is 4.79 Å². The van der Waals surface area contributed by atoms with Gasteiger partial charge in [0.1, 0.15) is 0 Å². The highest BCUT2D eigenvalue weighted by Gasteiger charge is 2.26. The van der Waals surface area contributed by atoms with E-state index in [-0.39, 0.29) is 18.0 Å². The van der Waals surface area contributed by atoms with Gasteiger partial charge in [0.05, 0.1) is 25.3 Å². The molecule has 1 aliphatic carbocycles. The Bertz CT molecular complexity index is 724. The summed E-state index contributed by atoms with van der Waals surface area (Å²) in [7, 11) is 1.93. The van der Waals surface area contributed by atoms with Crippen LogP contribution in [0.25, 0.3) is 0 Å². The number of aryl methyl sites for hydroxylation is 2. The first-order valence-electron chi connectivity index (χ1n) is 9.10. The molecule has 0 aliphatic heterocycles. The van der Waals surface area contributed by atoms with Gasteiger partial charge in [-0.3, -0.25) is 9.48 Å². The number of hydrogen-bond acceptors (Lipinski definition) is 3. The van der Waals surface area contributed by atoms with Crippen molar-refractivity contribution in [2.24, 2.45) is 0 Å². The van der Waals surface area contributed by atoms with Gasteiger partial charge in [-0.05, 0) is 49.8 Å². The Kier molecular flexibility index (Phi) is 5.53. The molecule has 5 nitrogen and oxygen atoms in total. The summed E-state index contributed by atoms with van der Waals surface area (Å²) in [4.78, 5) is 14.6. The Balaban J connectivity index is 1.54. The number of carbonyl (C=O) groups excluding carboxylic acids is 1. The highest BCUT2D eigenvalue weighted by atomic mass is 16.2. The summed E-state index contributed by atoms with van der Waals surface area (Å²) in [5.74, 6) is 0.144. The Morgan fingerprint density at radius 2 is 2.24 bits per heavy atom. The third-order valence-electron chi connectivity index (χ3n) is 5.02. The minimum Gasteiger partial charge on any atom is -0.338 e. The zero-order chi connectivity index (χ0) is 17.8. The van der Waals surface area contributed by atoms with E-state index in [4.69, 9.17) is 0 Å². The van der Waals surface area contributed by atoms with Crippen LogP contribution in [0.4, 0.5) is 0 Å². The van der Waals surface area contributed by atoms with Gasteiger partial charge < -0.3 is 10.2 Å². The second-order valence-electron chi connectivity index (χ2n) is 7.13. The van der Waals surface area contributed by atoms with Crippen molar-refractivity contribution in [2.45, 2.75) is 51.7 Å². The van der Waals surface area contributed by atoms with Gasteiger partial charge in [0.2, 0.25) is 5.91 Å². The van der Waals surface area contributed by atoms with Crippen molar-refractivity contribution in [3.63, 3.8) is 0 Å². The molecule has 1 aromatic carbocycles. The molecule has 1 aliphatic rings. The van der Waals surface area contributed by atoms with Crippen molar-refractivity contribution in [1.82, 2.24) is 20.0 Å². The summed E-state index contributed by atoms with van der Waals surface area (Å²) < 4.78 is 1.92. The number of nitrogens with one attached hydrogen (secondary N) is 1. The van der Waals surface area contributed by atoms with E-state index < -0.39 is 0 Å². The van der Waals surface area contributed by atoms with E-state index in [1.54, 1.807) is 0 Å². The molecule has 5 heteroatoms. The molecule has 25 heavy (non-hydrogen) atoms. The number of amides is 1. The van der Waals surface area contributed by atoms with Crippen molar-refractivity contribution >= 4 is 5.91 Å². The van der Waals surface area contributed by atoms with Gasteiger partial charge in [-0.1, -0.05) is 24.3 Å². The Morgan fingerprint density at radius 1 is 1.44 bits per heavy atom. The van der Waals surface area contributed by atoms with E-state index in [0.717, 1.165) is 31.4 Å². The van der Waals surface area contributed by atoms with Gasteiger partial charge in [0, 0.05) is 19.3 Å². The molecule has 0 spiro atoms. The molecule has 0 saturated carbocycles. The molecular weight excluding hydrogens is 312 g/mol. The molecule has 0 bridgehead atoms. The number of likely N-dealkylation sites (N-methyl/N-ethyl adjacent to an activating group) is 1. The first kappa shape index (κ1) is 17.7. The Labute approximate surface area is 150 Å². The lowest BCUT2D eigenvalue weighted by Crippen LogP contribution is -2.42. The van der Waals surface area contributed by atoms with Crippen LogP contribution in [0.5, 0.6) is 0 Å². The third-order valence-corrected chi connectivity index (χ3v) is 5.02. The topological polar surface area (TPSA) is 50.2 Å². The van der Waals surface area contributed by atoms with Crippen molar-refractivity contribution in [2.75, 3.05) is 13.6 Å². The van der Waals surface area contributed by atoms with Crippen LogP contribution in [-0.4, -0.2) is 40.2 Å². The van der Waals surface area contributed by atoms with Gasteiger partial charge in [0.25, 0.3) is 0 Å². The van der Waals surface area contributed by atoms with Crippen molar-refractivity contribution in [1.29, 1.82) is 0 Å². The Hall–Kier alpha value is -2.14. The lowest BCUT2D eigenvalue weighted by molar-refractivity contribution is -0.131. The average Bonchev–Trinajstić information content (AvgIpc) is 3.03. The predicted molar refractivity (Wildman–Crippen MR) is 99.3 cm³/mol. The van der Waals surface area contributed by atoms with Crippen LogP contribution in [0.2, 0.25) is 0 Å². The SMILES string of the molecule is Cc1cnn(C[C@H](C)NCC(=O)N(C)[C@H]2CCCc3ccccc32)c1. The predicted octanol–water partition coefficient (Wildman–Crippen LogP) is 2.71. The highest BCUT2D eigenvalue weighted by Crippen LogP contribution is 2.33. The lowest BCUT2D eigenvalue weighted by atomic mass is 9.87.